The average molecular weight is 1150 g/mol. The van der Waals surface area contributed by atoms with Gasteiger partial charge in [0.2, 0.25) is 7.58 Å². The zero-order valence-electron chi connectivity index (χ0n) is 54.8. The van der Waals surface area contributed by atoms with Crippen molar-refractivity contribution < 1.29 is 18.6 Å². The predicted molar refractivity (Wildman–Crippen MR) is 359 cm³/mol. The smallest absolute Gasteiger partial charge is 0.305 e. The summed E-state index contributed by atoms with van der Waals surface area (Å²) in [5, 5.41) is 0. The van der Waals surface area contributed by atoms with Crippen LogP contribution in [0.1, 0.15) is 438 Å². The third-order valence-electron chi connectivity index (χ3n) is 17.1. The molecule has 0 aromatic rings. The number of ether oxygens (including phenoxy) is 1. The second kappa shape index (κ2) is 74.3. The van der Waals surface area contributed by atoms with Crippen LogP contribution in [-0.4, -0.2) is 31.5 Å². The number of unbranched alkanes of at least 4 members (excludes halogenated alkanes) is 60. The van der Waals surface area contributed by atoms with E-state index in [0.29, 0.717) is 13.0 Å². The lowest BCUT2D eigenvalue weighted by atomic mass is 10.0. The number of esters is 1. The number of carbonyl (C=O) groups is 1. The van der Waals surface area contributed by atoms with E-state index in [1.54, 1.807) is 0 Å². The molecular formula is C73H147O4PS. The molecule has 79 heavy (non-hydrogen) atoms. The summed E-state index contributed by atoms with van der Waals surface area (Å²) in [5.41, 5.74) is 0. The van der Waals surface area contributed by atoms with E-state index in [4.69, 9.17) is 13.8 Å². The van der Waals surface area contributed by atoms with E-state index in [0.717, 1.165) is 26.1 Å². The molecule has 0 amide bonds. The molecule has 0 fully saturated rings. The van der Waals surface area contributed by atoms with E-state index in [2.05, 4.69) is 20.8 Å². The van der Waals surface area contributed by atoms with Crippen LogP contribution in [0, 0.1) is 0 Å². The minimum atomic E-state index is -0.801. The first-order chi connectivity index (χ1) is 39.2. The Morgan fingerprint density at radius 1 is 0.241 bits per heavy atom. The van der Waals surface area contributed by atoms with Crippen LogP contribution in [0.2, 0.25) is 0 Å². The molecule has 0 aliphatic rings. The Morgan fingerprint density at radius 2 is 0.430 bits per heavy atom. The fourth-order valence-electron chi connectivity index (χ4n) is 11.6. The lowest BCUT2D eigenvalue weighted by Gasteiger charge is -2.17. The number of hydrogen-bond donors (Lipinski definition) is 0. The molecule has 0 N–H and O–H groups in total. The molecule has 0 bridgehead atoms. The molecule has 0 aliphatic carbocycles. The fraction of sp³-hybridized carbons (Fsp3) is 0.986. The van der Waals surface area contributed by atoms with Gasteiger partial charge in [-0.2, -0.15) is 0 Å². The quantitative estimate of drug-likeness (QED) is 0.0345. The highest BCUT2D eigenvalue weighted by Gasteiger charge is 2.12. The van der Waals surface area contributed by atoms with E-state index < -0.39 is 7.58 Å². The van der Waals surface area contributed by atoms with Crippen LogP contribution in [0.25, 0.3) is 0 Å². The molecule has 0 aromatic heterocycles. The average Bonchev–Trinajstić information content (AvgIpc) is 3.45. The van der Waals surface area contributed by atoms with Crippen LogP contribution in [0.3, 0.4) is 0 Å². The van der Waals surface area contributed by atoms with Gasteiger partial charge in [0.05, 0.1) is 19.8 Å². The Bertz CT molecular complexity index is 1040. The minimum absolute atomic E-state index is 0.0297. The fourth-order valence-corrected chi connectivity index (χ4v) is 14.6. The first-order valence-corrected chi connectivity index (χ1v) is 39.9. The van der Waals surface area contributed by atoms with E-state index in [1.807, 2.05) is 11.4 Å². The summed E-state index contributed by atoms with van der Waals surface area (Å²) in [4.78, 5) is 12.2. The maximum absolute atomic E-state index is 12.2. The molecule has 0 radical (unpaired) electrons. The second-order valence-corrected chi connectivity index (χ2v) is 28.6. The first kappa shape index (κ1) is 79.2. The molecule has 0 aliphatic heterocycles. The number of carbonyl (C=O) groups excluding carboxylic acids is 1. The summed E-state index contributed by atoms with van der Waals surface area (Å²) in [6.45, 7) is 9.32. The van der Waals surface area contributed by atoms with Gasteiger partial charge in [0.1, 0.15) is 0 Å². The van der Waals surface area contributed by atoms with Gasteiger partial charge in [-0.1, -0.05) is 411 Å². The van der Waals surface area contributed by atoms with Crippen LogP contribution in [0.15, 0.2) is 0 Å². The van der Waals surface area contributed by atoms with Crippen LogP contribution in [-0.2, 0) is 18.6 Å². The molecule has 0 unspecified atom stereocenters. The van der Waals surface area contributed by atoms with Crippen LogP contribution in [0.4, 0.5) is 0 Å². The molecule has 0 saturated carbocycles. The maximum atomic E-state index is 12.2. The van der Waals surface area contributed by atoms with Crippen molar-refractivity contribution in [2.75, 3.05) is 25.6 Å². The van der Waals surface area contributed by atoms with Crippen molar-refractivity contribution in [3.05, 3.63) is 0 Å². The Labute approximate surface area is 504 Å². The molecule has 0 atom stereocenters. The summed E-state index contributed by atoms with van der Waals surface area (Å²) in [6, 6.07) is 0. The molecule has 0 spiro atoms. The number of hydrogen-bond acceptors (Lipinski definition) is 5. The highest BCUT2D eigenvalue weighted by atomic mass is 32.7. The third kappa shape index (κ3) is 72.4. The van der Waals surface area contributed by atoms with Crippen molar-refractivity contribution in [2.24, 2.45) is 0 Å². The molecule has 0 heterocycles. The molecular weight excluding hydrogens is 1000 g/mol. The van der Waals surface area contributed by atoms with Crippen molar-refractivity contribution in [3.63, 3.8) is 0 Å². The van der Waals surface area contributed by atoms with Crippen LogP contribution < -0.4 is 0 Å². The van der Waals surface area contributed by atoms with Crippen molar-refractivity contribution in [3.8, 4) is 0 Å². The zero-order valence-corrected chi connectivity index (χ0v) is 56.5. The normalized spacial score (nSPS) is 11.7. The monoisotopic (exact) mass is 1150 g/mol. The van der Waals surface area contributed by atoms with Gasteiger partial charge >= 0.3 is 5.97 Å². The third-order valence-corrected chi connectivity index (χ3v) is 20.4. The molecule has 6 heteroatoms. The van der Waals surface area contributed by atoms with E-state index in [-0.39, 0.29) is 5.97 Å². The molecule has 0 rings (SSSR count). The topological polar surface area (TPSA) is 44.8 Å². The standard InChI is InChI=1S/C73H147O4PS/c1-4-7-10-13-16-19-22-25-28-34-39-44-49-54-59-64-69-75-73(74)68-63-58-53-48-43-38-33-31-32-37-42-47-52-57-62-67-72-79-78(76-70-65-60-55-50-45-40-35-29-26-23-20-17-14-11-8-5-2)77-71-66-61-56-51-46-41-36-30-27-24-21-18-15-12-9-6-3/h4-72H2,1-3H3. The van der Waals surface area contributed by atoms with Gasteiger partial charge in [0.15, 0.2) is 0 Å². The summed E-state index contributed by atoms with van der Waals surface area (Å²) in [7, 11) is -0.801. The Kier molecular flexibility index (Phi) is 74.4. The SMILES string of the molecule is CCCCCCCCCCCCCCCCCCOC(=O)CCCCCCCCCCCCCCCCCCSP(OCCCCCCCCCCCCCCCCCC)OCCCCCCCCCCCCCCCCCC. The highest BCUT2D eigenvalue weighted by molar-refractivity contribution is 8.52. The van der Waals surface area contributed by atoms with Crippen molar-refractivity contribution in [1.29, 1.82) is 0 Å². The van der Waals surface area contributed by atoms with Gasteiger partial charge < -0.3 is 13.8 Å². The minimum Gasteiger partial charge on any atom is -0.466 e. The second-order valence-electron chi connectivity index (χ2n) is 25.3. The molecule has 474 valence electrons. The van der Waals surface area contributed by atoms with E-state index in [9.17, 15) is 4.79 Å². The lowest BCUT2D eigenvalue weighted by molar-refractivity contribution is -0.143. The first-order valence-electron chi connectivity index (χ1n) is 37.1. The van der Waals surface area contributed by atoms with Gasteiger partial charge in [-0.05, 0) is 32.1 Å². The van der Waals surface area contributed by atoms with Gasteiger partial charge in [-0.15, -0.1) is 0 Å². The lowest BCUT2D eigenvalue weighted by Crippen LogP contribution is -2.05. The zero-order chi connectivity index (χ0) is 56.8. The predicted octanol–water partition coefficient (Wildman–Crippen LogP) is 27.9. The summed E-state index contributed by atoms with van der Waals surface area (Å²) in [5.74, 6) is 1.22. The van der Waals surface area contributed by atoms with Crippen molar-refractivity contribution >= 4 is 24.9 Å². The largest absolute Gasteiger partial charge is 0.466 e. The van der Waals surface area contributed by atoms with Crippen molar-refractivity contribution in [1.82, 2.24) is 0 Å². The Morgan fingerprint density at radius 3 is 0.671 bits per heavy atom. The Hall–Kier alpha value is 0.170. The number of rotatable bonds is 73. The molecule has 0 aromatic carbocycles. The van der Waals surface area contributed by atoms with Crippen molar-refractivity contribution in [2.45, 2.75) is 438 Å². The van der Waals surface area contributed by atoms with Gasteiger partial charge in [0.25, 0.3) is 0 Å². The summed E-state index contributed by atoms with van der Waals surface area (Å²) >= 11 is 2.00. The molecule has 4 nitrogen and oxygen atoms in total. The molecule has 0 saturated heterocycles. The highest BCUT2D eigenvalue weighted by Crippen LogP contribution is 2.52. The Balaban J connectivity index is 3.84. The maximum Gasteiger partial charge on any atom is 0.305 e. The summed E-state index contributed by atoms with van der Waals surface area (Å²) in [6.07, 6.45) is 89.2. The summed E-state index contributed by atoms with van der Waals surface area (Å²) < 4.78 is 18.4. The van der Waals surface area contributed by atoms with Crippen LogP contribution in [0.5, 0.6) is 0 Å². The van der Waals surface area contributed by atoms with Gasteiger partial charge in [-0.25, -0.2) is 0 Å². The van der Waals surface area contributed by atoms with Crippen LogP contribution >= 0.6 is 19.0 Å². The van der Waals surface area contributed by atoms with E-state index in [1.165, 1.54) is 404 Å². The van der Waals surface area contributed by atoms with E-state index >= 15 is 0 Å². The van der Waals surface area contributed by atoms with Gasteiger partial charge in [-0.3, -0.25) is 4.79 Å². The van der Waals surface area contributed by atoms with Gasteiger partial charge in [0, 0.05) is 12.2 Å².